The predicted octanol–water partition coefficient (Wildman–Crippen LogP) is 1.86. The number of hydrogen-bond acceptors (Lipinski definition) is 4. The molecule has 0 bridgehead atoms. The number of hydrogen-bond donors (Lipinski definition) is 1. The van der Waals surface area contributed by atoms with Crippen LogP contribution in [0.15, 0.2) is 17.6 Å². The molecular weight excluding hydrogens is 262 g/mol. The van der Waals surface area contributed by atoms with Gasteiger partial charge in [0, 0.05) is 25.0 Å². The van der Waals surface area contributed by atoms with Gasteiger partial charge in [-0.2, -0.15) is 0 Å². The first-order valence-corrected chi connectivity index (χ1v) is 7.86. The summed E-state index contributed by atoms with van der Waals surface area (Å²) in [4.78, 5) is 17.6. The number of rotatable bonds is 4. The Kier molecular flexibility index (Phi) is 3.79. The zero-order valence-corrected chi connectivity index (χ0v) is 11.7. The number of aromatic nitrogens is 2. The number of nitrogens with zero attached hydrogens (tertiary/aromatic N) is 3. The molecule has 2 atom stereocenters. The Labute approximate surface area is 117 Å². The van der Waals surface area contributed by atoms with Gasteiger partial charge in [-0.05, 0) is 25.8 Å². The largest absolute Gasteiger partial charge is 0.481 e. The molecule has 2 aliphatic heterocycles. The minimum atomic E-state index is -0.787. The van der Waals surface area contributed by atoms with Gasteiger partial charge in [0.1, 0.15) is 0 Å². The fourth-order valence-electron chi connectivity index (χ4n) is 3.33. The van der Waals surface area contributed by atoms with Crippen molar-refractivity contribution in [3.63, 3.8) is 0 Å². The van der Waals surface area contributed by atoms with Crippen molar-refractivity contribution in [2.45, 2.75) is 42.9 Å². The van der Waals surface area contributed by atoms with Gasteiger partial charge in [0.2, 0.25) is 0 Å². The molecule has 0 amide bonds. The highest BCUT2D eigenvalue weighted by Crippen LogP contribution is 2.36. The first-order chi connectivity index (χ1) is 9.25. The lowest BCUT2D eigenvalue weighted by Gasteiger charge is -2.33. The van der Waals surface area contributed by atoms with Crippen molar-refractivity contribution in [1.82, 2.24) is 14.5 Å². The summed E-state index contributed by atoms with van der Waals surface area (Å²) in [6.45, 7) is 2.38. The summed E-state index contributed by atoms with van der Waals surface area (Å²) in [6.07, 6.45) is 8.83. The number of aliphatic carboxylic acids is 1. The smallest absolute Gasteiger partial charge is 0.313 e. The van der Waals surface area contributed by atoms with Gasteiger partial charge in [0.15, 0.2) is 5.16 Å². The summed E-state index contributed by atoms with van der Waals surface area (Å²) in [7, 11) is 0. The van der Waals surface area contributed by atoms with Gasteiger partial charge in [-0.15, -0.1) is 0 Å². The van der Waals surface area contributed by atoms with Crippen LogP contribution < -0.4 is 0 Å². The first-order valence-electron chi connectivity index (χ1n) is 6.87. The van der Waals surface area contributed by atoms with E-state index in [1.165, 1.54) is 37.6 Å². The van der Waals surface area contributed by atoms with Crippen molar-refractivity contribution in [3.05, 3.63) is 12.4 Å². The molecule has 3 heterocycles. The molecule has 1 aromatic rings. The van der Waals surface area contributed by atoms with Crippen molar-refractivity contribution in [2.75, 3.05) is 18.8 Å². The van der Waals surface area contributed by atoms with E-state index in [0.29, 0.717) is 12.1 Å². The molecule has 104 valence electrons. The number of piperidine rings is 1. The molecule has 5 nitrogen and oxygen atoms in total. The van der Waals surface area contributed by atoms with Crippen LogP contribution in [0.2, 0.25) is 0 Å². The summed E-state index contributed by atoms with van der Waals surface area (Å²) in [5.41, 5.74) is 0. The molecule has 0 radical (unpaired) electrons. The minimum Gasteiger partial charge on any atom is -0.481 e. The van der Waals surface area contributed by atoms with Crippen LogP contribution in [-0.4, -0.2) is 50.4 Å². The van der Waals surface area contributed by atoms with Crippen LogP contribution in [-0.2, 0) is 4.79 Å². The molecule has 0 aromatic carbocycles. The van der Waals surface area contributed by atoms with Crippen LogP contribution in [0.4, 0.5) is 0 Å². The Morgan fingerprint density at radius 3 is 3.11 bits per heavy atom. The van der Waals surface area contributed by atoms with Gasteiger partial charge in [-0.3, -0.25) is 9.69 Å². The number of thioether (sulfide) groups is 1. The monoisotopic (exact) mass is 281 g/mol. The van der Waals surface area contributed by atoms with E-state index < -0.39 is 5.97 Å². The average Bonchev–Trinajstić information content (AvgIpc) is 3.02. The lowest BCUT2D eigenvalue weighted by atomic mass is 9.99. The lowest BCUT2D eigenvalue weighted by molar-refractivity contribution is -0.133. The molecule has 2 saturated heterocycles. The quantitative estimate of drug-likeness (QED) is 0.854. The first kappa shape index (κ1) is 13.0. The second kappa shape index (κ2) is 5.54. The SMILES string of the molecule is O=C(O)CSc1nccn1C1CCN2CCCCC12. The third kappa shape index (κ3) is 2.65. The Hall–Kier alpha value is -1.01. The minimum absolute atomic E-state index is 0.0815. The maximum absolute atomic E-state index is 10.7. The molecular formula is C13H19N3O2S. The standard InChI is InChI=1S/C13H19N3O2S/c17-12(18)9-19-13-14-5-8-16(13)11-4-7-15-6-2-1-3-10(11)15/h5,8,10-11H,1-4,6-7,9H2,(H,17,18). The molecule has 19 heavy (non-hydrogen) atoms. The summed E-state index contributed by atoms with van der Waals surface area (Å²) >= 11 is 1.32. The number of fused-ring (bicyclic) bond motifs is 1. The predicted molar refractivity (Wildman–Crippen MR) is 73.5 cm³/mol. The van der Waals surface area contributed by atoms with E-state index in [9.17, 15) is 4.79 Å². The van der Waals surface area contributed by atoms with Gasteiger partial charge < -0.3 is 9.67 Å². The van der Waals surface area contributed by atoms with Crippen molar-refractivity contribution in [1.29, 1.82) is 0 Å². The molecule has 0 spiro atoms. The molecule has 1 N–H and O–H groups in total. The Bertz CT molecular complexity index is 462. The van der Waals surface area contributed by atoms with Crippen molar-refractivity contribution < 1.29 is 9.90 Å². The lowest BCUT2D eigenvalue weighted by Crippen LogP contribution is -2.37. The molecule has 2 fully saturated rings. The molecule has 2 unspecified atom stereocenters. The summed E-state index contributed by atoms with van der Waals surface area (Å²) in [5, 5.41) is 9.64. The van der Waals surface area contributed by atoms with E-state index in [4.69, 9.17) is 5.11 Å². The zero-order valence-electron chi connectivity index (χ0n) is 10.9. The Morgan fingerprint density at radius 2 is 2.26 bits per heavy atom. The van der Waals surface area contributed by atoms with E-state index in [1.54, 1.807) is 6.20 Å². The van der Waals surface area contributed by atoms with Crippen LogP contribution in [0, 0.1) is 0 Å². The van der Waals surface area contributed by atoms with Crippen LogP contribution >= 0.6 is 11.8 Å². The van der Waals surface area contributed by atoms with E-state index in [-0.39, 0.29) is 5.75 Å². The molecule has 3 rings (SSSR count). The summed E-state index contributed by atoms with van der Waals surface area (Å²) in [6, 6.07) is 1.09. The number of carboxylic acid groups (broad SMARTS) is 1. The second-order valence-corrected chi connectivity index (χ2v) is 6.20. The molecule has 1 aromatic heterocycles. The second-order valence-electron chi connectivity index (χ2n) is 5.25. The van der Waals surface area contributed by atoms with Crippen LogP contribution in [0.3, 0.4) is 0 Å². The maximum Gasteiger partial charge on any atom is 0.313 e. The van der Waals surface area contributed by atoms with Gasteiger partial charge in [0.05, 0.1) is 11.8 Å². The highest BCUT2D eigenvalue weighted by Gasteiger charge is 2.37. The summed E-state index contributed by atoms with van der Waals surface area (Å²) < 4.78 is 2.20. The van der Waals surface area contributed by atoms with Crippen LogP contribution in [0.5, 0.6) is 0 Å². The third-order valence-electron chi connectivity index (χ3n) is 4.14. The fourth-order valence-corrected chi connectivity index (χ4v) is 4.07. The van der Waals surface area contributed by atoms with Crippen molar-refractivity contribution in [2.24, 2.45) is 0 Å². The van der Waals surface area contributed by atoms with Crippen molar-refractivity contribution >= 4 is 17.7 Å². The number of carboxylic acids is 1. The highest BCUT2D eigenvalue weighted by atomic mass is 32.2. The van der Waals surface area contributed by atoms with Gasteiger partial charge >= 0.3 is 5.97 Å². The van der Waals surface area contributed by atoms with Crippen LogP contribution in [0.25, 0.3) is 0 Å². The Balaban J connectivity index is 1.75. The zero-order chi connectivity index (χ0) is 13.2. The number of imidazole rings is 1. The normalized spacial score (nSPS) is 27.4. The molecule has 6 heteroatoms. The van der Waals surface area contributed by atoms with Gasteiger partial charge in [-0.1, -0.05) is 18.2 Å². The van der Waals surface area contributed by atoms with E-state index in [1.807, 2.05) is 6.20 Å². The highest BCUT2D eigenvalue weighted by molar-refractivity contribution is 7.99. The molecule has 2 aliphatic rings. The van der Waals surface area contributed by atoms with E-state index in [0.717, 1.165) is 18.1 Å². The fraction of sp³-hybridized carbons (Fsp3) is 0.692. The van der Waals surface area contributed by atoms with Crippen LogP contribution in [0.1, 0.15) is 31.7 Å². The molecule has 0 aliphatic carbocycles. The van der Waals surface area contributed by atoms with Gasteiger partial charge in [0.25, 0.3) is 0 Å². The number of carbonyl (C=O) groups is 1. The topological polar surface area (TPSA) is 58.4 Å². The Morgan fingerprint density at radius 1 is 1.37 bits per heavy atom. The molecule has 0 saturated carbocycles. The summed E-state index contributed by atoms with van der Waals surface area (Å²) in [5.74, 6) is -0.705. The van der Waals surface area contributed by atoms with Crippen molar-refractivity contribution in [3.8, 4) is 0 Å². The van der Waals surface area contributed by atoms with Gasteiger partial charge in [-0.25, -0.2) is 4.98 Å². The average molecular weight is 281 g/mol. The third-order valence-corrected chi connectivity index (χ3v) is 5.10. The maximum atomic E-state index is 10.7. The van der Waals surface area contributed by atoms with E-state index >= 15 is 0 Å². The van der Waals surface area contributed by atoms with E-state index in [2.05, 4.69) is 14.5 Å².